The number of halogens is 3. The van der Waals surface area contributed by atoms with Crippen molar-refractivity contribution >= 4 is 35.1 Å². The van der Waals surface area contributed by atoms with E-state index in [-0.39, 0.29) is 23.3 Å². The van der Waals surface area contributed by atoms with E-state index in [2.05, 4.69) is 5.10 Å². The van der Waals surface area contributed by atoms with Crippen LogP contribution in [0.1, 0.15) is 40.4 Å². The smallest absolute Gasteiger partial charge is 0.307 e. The molecule has 4 aromatic rings. The predicted molar refractivity (Wildman–Crippen MR) is 145 cm³/mol. The van der Waals surface area contributed by atoms with Crippen LogP contribution in [-0.4, -0.2) is 44.8 Å². The molecule has 3 aromatic carbocycles. The van der Waals surface area contributed by atoms with Crippen LogP contribution in [0.2, 0.25) is 10.0 Å². The van der Waals surface area contributed by atoms with Crippen molar-refractivity contribution in [2.24, 2.45) is 0 Å². The minimum absolute atomic E-state index is 0.0810. The Morgan fingerprint density at radius 3 is 2.24 bits per heavy atom. The fourth-order valence-corrected chi connectivity index (χ4v) is 5.29. The van der Waals surface area contributed by atoms with Gasteiger partial charge in [0.25, 0.3) is 5.91 Å². The van der Waals surface area contributed by atoms with Gasteiger partial charge < -0.3 is 10.0 Å². The lowest BCUT2D eigenvalue weighted by atomic mass is 9.89. The first kappa shape index (κ1) is 25.9. The number of piperidine rings is 1. The van der Waals surface area contributed by atoms with E-state index in [1.165, 1.54) is 12.1 Å². The van der Waals surface area contributed by atoms with Gasteiger partial charge in [0.15, 0.2) is 5.69 Å². The number of benzene rings is 3. The molecule has 0 saturated carbocycles. The van der Waals surface area contributed by atoms with Gasteiger partial charge >= 0.3 is 5.97 Å². The number of aromatic nitrogens is 2. The standard InChI is InChI=1S/C29H24Cl2FN3O3/c30-21-9-5-20(6-10-21)28-23(17-26(36)37)27(33-35(28)25-4-2-1-3-24(25)31)29(38)34-15-13-19(14-16-34)18-7-11-22(32)12-8-18/h1-12,19H,13-17H2,(H,36,37). The molecule has 1 fully saturated rings. The van der Waals surface area contributed by atoms with Crippen molar-refractivity contribution in [1.29, 1.82) is 0 Å². The zero-order valence-electron chi connectivity index (χ0n) is 20.3. The van der Waals surface area contributed by atoms with E-state index in [9.17, 15) is 19.1 Å². The summed E-state index contributed by atoms with van der Waals surface area (Å²) in [6, 6.07) is 20.5. The zero-order valence-corrected chi connectivity index (χ0v) is 21.8. The predicted octanol–water partition coefficient (Wildman–Crippen LogP) is 6.63. The van der Waals surface area contributed by atoms with E-state index >= 15 is 0 Å². The van der Waals surface area contributed by atoms with Crippen molar-refractivity contribution in [3.63, 3.8) is 0 Å². The van der Waals surface area contributed by atoms with E-state index in [1.807, 2.05) is 0 Å². The maximum Gasteiger partial charge on any atom is 0.307 e. The first-order chi connectivity index (χ1) is 18.3. The number of carboxylic acids is 1. The molecule has 0 atom stereocenters. The molecule has 0 aliphatic carbocycles. The Kier molecular flexibility index (Phi) is 7.49. The fraction of sp³-hybridized carbons (Fsp3) is 0.207. The Morgan fingerprint density at radius 2 is 1.61 bits per heavy atom. The van der Waals surface area contributed by atoms with Crippen molar-refractivity contribution in [3.05, 3.63) is 105 Å². The first-order valence-corrected chi connectivity index (χ1v) is 13.0. The minimum Gasteiger partial charge on any atom is -0.481 e. The van der Waals surface area contributed by atoms with Crippen LogP contribution in [0, 0.1) is 5.82 Å². The number of carbonyl (C=O) groups is 2. The summed E-state index contributed by atoms with van der Waals surface area (Å²) in [5.41, 5.74) is 3.09. The molecule has 0 bridgehead atoms. The summed E-state index contributed by atoms with van der Waals surface area (Å²) in [6.07, 6.45) is 1.03. The molecule has 1 aromatic heterocycles. The van der Waals surface area contributed by atoms with Crippen molar-refractivity contribution in [3.8, 4) is 16.9 Å². The van der Waals surface area contributed by atoms with Gasteiger partial charge in [-0.25, -0.2) is 9.07 Å². The maximum atomic E-state index is 13.8. The summed E-state index contributed by atoms with van der Waals surface area (Å²) in [7, 11) is 0. The van der Waals surface area contributed by atoms with Gasteiger partial charge in [-0.15, -0.1) is 0 Å². The van der Waals surface area contributed by atoms with Gasteiger partial charge in [-0.3, -0.25) is 9.59 Å². The van der Waals surface area contributed by atoms with Crippen molar-refractivity contribution < 1.29 is 19.1 Å². The molecule has 0 spiro atoms. The molecular formula is C29H24Cl2FN3O3. The average Bonchev–Trinajstić information content (AvgIpc) is 3.27. The molecule has 2 heterocycles. The number of amides is 1. The molecule has 1 saturated heterocycles. The second kappa shape index (κ2) is 11.0. The summed E-state index contributed by atoms with van der Waals surface area (Å²) >= 11 is 12.6. The second-order valence-electron chi connectivity index (χ2n) is 9.23. The second-order valence-corrected chi connectivity index (χ2v) is 10.1. The van der Waals surface area contributed by atoms with Gasteiger partial charge in [0, 0.05) is 29.2 Å². The molecule has 38 heavy (non-hydrogen) atoms. The van der Waals surface area contributed by atoms with Gasteiger partial charge in [-0.05, 0) is 60.7 Å². The Balaban J connectivity index is 1.54. The van der Waals surface area contributed by atoms with Crippen molar-refractivity contribution in [2.45, 2.75) is 25.2 Å². The van der Waals surface area contributed by atoms with Crippen LogP contribution in [0.15, 0.2) is 72.8 Å². The SMILES string of the molecule is O=C(O)Cc1c(C(=O)N2CCC(c3ccc(F)cc3)CC2)nn(-c2ccccc2Cl)c1-c1ccc(Cl)cc1. The van der Waals surface area contributed by atoms with Crippen LogP contribution in [0.5, 0.6) is 0 Å². The largest absolute Gasteiger partial charge is 0.481 e. The lowest BCUT2D eigenvalue weighted by Gasteiger charge is -2.32. The van der Waals surface area contributed by atoms with Gasteiger partial charge in [-0.2, -0.15) is 5.10 Å². The molecule has 1 aliphatic rings. The van der Waals surface area contributed by atoms with E-state index < -0.39 is 12.4 Å². The number of carboxylic acid groups (broad SMARTS) is 1. The molecule has 6 nitrogen and oxygen atoms in total. The van der Waals surface area contributed by atoms with Crippen molar-refractivity contribution in [2.75, 3.05) is 13.1 Å². The van der Waals surface area contributed by atoms with E-state index in [1.54, 1.807) is 70.2 Å². The molecule has 1 N–H and O–H groups in total. The number of carbonyl (C=O) groups excluding carboxylic acids is 1. The quantitative estimate of drug-likeness (QED) is 0.291. The lowest BCUT2D eigenvalue weighted by Crippen LogP contribution is -2.38. The van der Waals surface area contributed by atoms with E-state index in [0.717, 1.165) is 5.56 Å². The molecule has 5 rings (SSSR count). The highest BCUT2D eigenvalue weighted by Crippen LogP contribution is 2.35. The number of para-hydroxylation sites is 1. The topological polar surface area (TPSA) is 75.4 Å². The highest BCUT2D eigenvalue weighted by molar-refractivity contribution is 6.32. The summed E-state index contributed by atoms with van der Waals surface area (Å²) in [5.74, 6) is -1.48. The number of hydrogen-bond donors (Lipinski definition) is 1. The molecule has 194 valence electrons. The number of rotatable bonds is 6. The lowest BCUT2D eigenvalue weighted by molar-refractivity contribution is -0.136. The van der Waals surface area contributed by atoms with Crippen LogP contribution < -0.4 is 0 Å². The van der Waals surface area contributed by atoms with Crippen LogP contribution in [-0.2, 0) is 11.2 Å². The molecule has 9 heteroatoms. The third-order valence-corrected chi connectivity index (χ3v) is 7.41. The van der Waals surface area contributed by atoms with Crippen LogP contribution in [0.3, 0.4) is 0 Å². The van der Waals surface area contributed by atoms with Crippen LogP contribution >= 0.6 is 23.2 Å². The van der Waals surface area contributed by atoms with Crippen molar-refractivity contribution in [1.82, 2.24) is 14.7 Å². The van der Waals surface area contributed by atoms with E-state index in [4.69, 9.17) is 23.2 Å². The number of aliphatic carboxylic acids is 1. The molecule has 1 aliphatic heterocycles. The van der Waals surface area contributed by atoms with Crippen LogP contribution in [0.25, 0.3) is 16.9 Å². The summed E-state index contributed by atoms with van der Waals surface area (Å²) in [6.45, 7) is 0.950. The average molecular weight is 552 g/mol. The molecule has 0 radical (unpaired) electrons. The number of nitrogens with zero attached hydrogens (tertiary/aromatic N) is 3. The Bertz CT molecular complexity index is 1480. The molecular weight excluding hydrogens is 528 g/mol. The monoisotopic (exact) mass is 551 g/mol. The first-order valence-electron chi connectivity index (χ1n) is 12.2. The highest BCUT2D eigenvalue weighted by Gasteiger charge is 2.32. The maximum absolute atomic E-state index is 13.8. The van der Waals surface area contributed by atoms with Gasteiger partial charge in [0.2, 0.25) is 0 Å². The Labute approximate surface area is 229 Å². The van der Waals surface area contributed by atoms with Gasteiger partial charge in [0.05, 0.1) is 22.8 Å². The fourth-order valence-electron chi connectivity index (χ4n) is 4.94. The third kappa shape index (κ3) is 5.30. The summed E-state index contributed by atoms with van der Waals surface area (Å²) < 4.78 is 14.9. The summed E-state index contributed by atoms with van der Waals surface area (Å²) in [4.78, 5) is 27.5. The van der Waals surface area contributed by atoms with Gasteiger partial charge in [0.1, 0.15) is 5.82 Å². The summed E-state index contributed by atoms with van der Waals surface area (Å²) in [5, 5.41) is 15.4. The Hall–Kier alpha value is -3.68. The zero-order chi connectivity index (χ0) is 26.8. The molecule has 1 amide bonds. The van der Waals surface area contributed by atoms with Gasteiger partial charge in [-0.1, -0.05) is 59.6 Å². The highest BCUT2D eigenvalue weighted by atomic mass is 35.5. The number of likely N-dealkylation sites (tertiary alicyclic amines) is 1. The Morgan fingerprint density at radius 1 is 0.947 bits per heavy atom. The number of hydrogen-bond acceptors (Lipinski definition) is 3. The van der Waals surface area contributed by atoms with Crippen LogP contribution in [0.4, 0.5) is 4.39 Å². The molecule has 0 unspecified atom stereocenters. The van der Waals surface area contributed by atoms with E-state index in [0.29, 0.717) is 58.5 Å². The minimum atomic E-state index is -1.08. The third-order valence-electron chi connectivity index (χ3n) is 6.84. The normalized spacial score (nSPS) is 14.0.